The van der Waals surface area contributed by atoms with Gasteiger partial charge in [-0.05, 0) is 63.1 Å². The molecule has 7 heteroatoms. The number of aromatic nitrogens is 1. The van der Waals surface area contributed by atoms with E-state index in [0.29, 0.717) is 22.7 Å². The number of pyridine rings is 1. The number of hydrogen-bond donors (Lipinski definition) is 1. The molecule has 0 bridgehead atoms. The Hall–Kier alpha value is -3.22. The average Bonchev–Trinajstić information content (AvgIpc) is 2.89. The molecule has 0 aliphatic heterocycles. The molecule has 3 aromatic carbocycles. The lowest BCUT2D eigenvalue weighted by atomic mass is 9.88. The minimum Gasteiger partial charge on any atom is -0.423 e. The molecule has 0 unspecified atom stereocenters. The predicted molar refractivity (Wildman–Crippen MR) is 163 cm³/mol. The number of halogens is 2. The van der Waals surface area contributed by atoms with Gasteiger partial charge in [0.05, 0.1) is 21.9 Å². The molecule has 0 aliphatic carbocycles. The van der Waals surface area contributed by atoms with Crippen LogP contribution in [0.3, 0.4) is 0 Å². The number of ketones is 1. The van der Waals surface area contributed by atoms with Gasteiger partial charge in [-0.15, -0.1) is 0 Å². The molecule has 202 valence electrons. The first kappa shape index (κ1) is 28.8. The van der Waals surface area contributed by atoms with Crippen LogP contribution in [0.25, 0.3) is 22.2 Å². The molecule has 4 aromatic rings. The van der Waals surface area contributed by atoms with Gasteiger partial charge in [0.2, 0.25) is 0 Å². The Morgan fingerprint density at radius 1 is 1.05 bits per heavy atom. The molecule has 0 spiro atoms. The molecule has 0 aliphatic rings. The molecule has 5 nitrogen and oxygen atoms in total. The zero-order valence-electron chi connectivity index (χ0n) is 22.6. The number of nitrogens with zero attached hydrogens (tertiary/aromatic N) is 1. The van der Waals surface area contributed by atoms with E-state index in [-0.39, 0.29) is 23.9 Å². The van der Waals surface area contributed by atoms with Crippen LogP contribution < -0.4 is 10.1 Å². The van der Waals surface area contributed by atoms with Crippen molar-refractivity contribution in [2.45, 2.75) is 58.9 Å². The summed E-state index contributed by atoms with van der Waals surface area (Å²) in [7, 11) is 0. The Labute approximate surface area is 243 Å². The fourth-order valence-corrected chi connectivity index (χ4v) is 5.24. The maximum atomic E-state index is 14.0. The zero-order chi connectivity index (χ0) is 28.2. The molecule has 4 rings (SSSR count). The lowest BCUT2D eigenvalue weighted by Gasteiger charge is -2.29. The Balaban J connectivity index is 1.68. The van der Waals surface area contributed by atoms with Crippen LogP contribution in [0.4, 0.5) is 5.69 Å². The fourth-order valence-electron chi connectivity index (χ4n) is 4.66. The van der Waals surface area contributed by atoms with Crippen molar-refractivity contribution in [2.75, 3.05) is 5.32 Å². The third-order valence-corrected chi connectivity index (χ3v) is 7.30. The number of fused-ring (bicyclic) bond motifs is 1. The summed E-state index contributed by atoms with van der Waals surface area (Å²) in [4.78, 5) is 31.3. The molecule has 39 heavy (non-hydrogen) atoms. The first-order chi connectivity index (χ1) is 18.6. The highest BCUT2D eigenvalue weighted by molar-refractivity contribution is 9.10. The summed E-state index contributed by atoms with van der Waals surface area (Å²) in [6, 6.07) is 21.0. The van der Waals surface area contributed by atoms with Gasteiger partial charge in [-0.25, -0.2) is 4.98 Å². The van der Waals surface area contributed by atoms with E-state index in [2.05, 4.69) is 21.2 Å². The monoisotopic (exact) mass is 606 g/mol. The summed E-state index contributed by atoms with van der Waals surface area (Å²) in [5, 5.41) is 4.54. The summed E-state index contributed by atoms with van der Waals surface area (Å²) in [5.41, 5.74) is 3.86. The van der Waals surface area contributed by atoms with E-state index in [0.717, 1.165) is 45.0 Å². The maximum Gasteiger partial charge on any atom is 0.311 e. The average molecular weight is 608 g/mol. The van der Waals surface area contributed by atoms with Gasteiger partial charge in [-0.2, -0.15) is 0 Å². The van der Waals surface area contributed by atoms with Gasteiger partial charge in [0, 0.05) is 39.4 Å². The maximum absolute atomic E-state index is 14.0. The normalized spacial score (nSPS) is 11.4. The smallest absolute Gasteiger partial charge is 0.311 e. The van der Waals surface area contributed by atoms with Crippen molar-refractivity contribution < 1.29 is 14.3 Å². The molecule has 0 atom stereocenters. The van der Waals surface area contributed by atoms with E-state index in [4.69, 9.17) is 21.3 Å². The number of hydrogen-bond acceptors (Lipinski definition) is 5. The van der Waals surface area contributed by atoms with Crippen LogP contribution >= 0.6 is 27.5 Å². The van der Waals surface area contributed by atoms with Gasteiger partial charge >= 0.3 is 5.97 Å². The highest BCUT2D eigenvalue weighted by Gasteiger charge is 2.28. The number of Topliss-reactive ketones (excluding diaryl/α,β-unsaturated/α-hetero) is 1. The number of ether oxygens (including phenoxy) is 1. The van der Waals surface area contributed by atoms with Crippen molar-refractivity contribution >= 4 is 55.9 Å². The van der Waals surface area contributed by atoms with Crippen molar-refractivity contribution in [1.82, 2.24) is 4.98 Å². The summed E-state index contributed by atoms with van der Waals surface area (Å²) in [6.07, 6.45) is 2.13. The first-order valence-corrected chi connectivity index (χ1v) is 14.2. The zero-order valence-corrected chi connectivity index (χ0v) is 24.9. The summed E-state index contributed by atoms with van der Waals surface area (Å²) >= 11 is 9.97. The number of nitrogens with one attached hydrogen (secondary N) is 1. The molecule has 1 aromatic heterocycles. The Morgan fingerprint density at radius 3 is 2.51 bits per heavy atom. The van der Waals surface area contributed by atoms with Crippen molar-refractivity contribution in [3.8, 4) is 17.0 Å². The van der Waals surface area contributed by atoms with E-state index >= 15 is 0 Å². The molecule has 0 saturated heterocycles. The molecule has 0 saturated carbocycles. The highest BCUT2D eigenvalue weighted by atomic mass is 79.9. The van der Waals surface area contributed by atoms with Gasteiger partial charge in [-0.3, -0.25) is 9.59 Å². The van der Waals surface area contributed by atoms with Crippen molar-refractivity contribution in [1.29, 1.82) is 0 Å². The van der Waals surface area contributed by atoms with Gasteiger partial charge < -0.3 is 10.1 Å². The standard InChI is InChI=1S/C32H32BrClN2O3/c1-5-6-15-28(38)39-31-24(34)13-10-14-26(31)36-32(3,4)19-27(37)29-20(2)30(21-11-8-7-9-12-21)35-25-17-16-22(33)18-23(25)29/h7-14,16-18,36H,5-6,15,19H2,1-4H3. The summed E-state index contributed by atoms with van der Waals surface area (Å²) in [6.45, 7) is 7.86. The molecule has 1 heterocycles. The van der Waals surface area contributed by atoms with E-state index in [1.807, 2.05) is 76.2 Å². The SMILES string of the molecule is CCCCC(=O)Oc1c(Cl)cccc1NC(C)(C)CC(=O)c1c(C)c(-c2ccccc2)nc2ccc(Br)cc12. The van der Waals surface area contributed by atoms with Crippen molar-refractivity contribution in [3.63, 3.8) is 0 Å². The van der Waals surface area contributed by atoms with Gasteiger partial charge in [0.1, 0.15) is 0 Å². The largest absolute Gasteiger partial charge is 0.423 e. The Kier molecular flexibility index (Phi) is 9.08. The summed E-state index contributed by atoms with van der Waals surface area (Å²) in [5.74, 6) is -0.0717. The van der Waals surface area contributed by atoms with E-state index in [1.54, 1.807) is 18.2 Å². The number of anilines is 1. The van der Waals surface area contributed by atoms with Crippen molar-refractivity contribution in [2.24, 2.45) is 0 Å². The van der Waals surface area contributed by atoms with Crippen LogP contribution in [-0.4, -0.2) is 22.3 Å². The third-order valence-electron chi connectivity index (χ3n) is 6.51. The number of unbranched alkanes of at least 4 members (excludes halogenated alkanes) is 1. The van der Waals surface area contributed by atoms with Gasteiger partial charge in [0.15, 0.2) is 11.5 Å². The van der Waals surface area contributed by atoms with E-state index in [9.17, 15) is 9.59 Å². The lowest BCUT2D eigenvalue weighted by molar-refractivity contribution is -0.134. The van der Waals surface area contributed by atoms with E-state index < -0.39 is 5.54 Å². The van der Waals surface area contributed by atoms with Crippen LogP contribution in [-0.2, 0) is 4.79 Å². The second-order valence-electron chi connectivity index (χ2n) is 10.3. The number of para-hydroxylation sites is 1. The third kappa shape index (κ3) is 6.87. The number of rotatable bonds is 10. The van der Waals surface area contributed by atoms with Gasteiger partial charge in [0.25, 0.3) is 0 Å². The van der Waals surface area contributed by atoms with Crippen LogP contribution in [0.5, 0.6) is 5.75 Å². The topological polar surface area (TPSA) is 68.3 Å². The second kappa shape index (κ2) is 12.3. The highest BCUT2D eigenvalue weighted by Crippen LogP contribution is 2.37. The predicted octanol–water partition coefficient (Wildman–Crippen LogP) is 9.19. The number of benzene rings is 3. The van der Waals surface area contributed by atoms with Crippen LogP contribution in [0.2, 0.25) is 5.02 Å². The first-order valence-electron chi connectivity index (χ1n) is 13.1. The van der Waals surface area contributed by atoms with Crippen LogP contribution in [0.15, 0.2) is 71.2 Å². The van der Waals surface area contributed by atoms with Crippen LogP contribution in [0.1, 0.15) is 62.4 Å². The van der Waals surface area contributed by atoms with Crippen molar-refractivity contribution in [3.05, 3.63) is 87.4 Å². The number of carbonyl (C=O) groups is 2. The minimum absolute atomic E-state index is 0.0174. The van der Waals surface area contributed by atoms with E-state index in [1.165, 1.54) is 0 Å². The molecular weight excluding hydrogens is 576 g/mol. The summed E-state index contributed by atoms with van der Waals surface area (Å²) < 4.78 is 6.52. The molecule has 0 fully saturated rings. The van der Waals surface area contributed by atoms with Crippen LogP contribution in [0, 0.1) is 6.92 Å². The molecule has 1 N–H and O–H groups in total. The quantitative estimate of drug-likeness (QED) is 0.111. The Bertz CT molecular complexity index is 1520. The number of carbonyl (C=O) groups excluding carboxylic acids is 2. The fraction of sp³-hybridized carbons (Fsp3) is 0.281. The Morgan fingerprint density at radius 2 is 1.79 bits per heavy atom. The molecule has 0 radical (unpaired) electrons. The lowest BCUT2D eigenvalue weighted by Crippen LogP contribution is -2.34. The second-order valence-corrected chi connectivity index (χ2v) is 11.6. The van der Waals surface area contributed by atoms with Gasteiger partial charge in [-0.1, -0.05) is 77.3 Å². The molecular formula is C32H32BrClN2O3. The minimum atomic E-state index is -0.687. The molecule has 0 amide bonds. The number of esters is 1.